The van der Waals surface area contributed by atoms with Crippen molar-refractivity contribution in [1.29, 1.82) is 0 Å². The first-order valence-electron chi connectivity index (χ1n) is 10.5. The van der Waals surface area contributed by atoms with E-state index in [2.05, 4.69) is 15.1 Å². The first kappa shape index (κ1) is 24.0. The van der Waals surface area contributed by atoms with Crippen LogP contribution in [-0.2, 0) is 16.6 Å². The number of urea groups is 1. The Morgan fingerprint density at radius 2 is 1.91 bits per heavy atom. The number of imide groups is 1. The largest absolute Gasteiger partial charge is 0.439 e. The summed E-state index contributed by atoms with van der Waals surface area (Å²) < 4.78 is 50.6. The van der Waals surface area contributed by atoms with Crippen molar-refractivity contribution in [3.8, 4) is 11.6 Å². The molecule has 3 aromatic rings. The van der Waals surface area contributed by atoms with Crippen LogP contribution in [0.25, 0.3) is 0 Å². The van der Waals surface area contributed by atoms with Crippen LogP contribution in [0.15, 0.2) is 41.1 Å². The number of benzene rings is 1. The normalized spacial score (nSPS) is 14.7. The van der Waals surface area contributed by atoms with Crippen LogP contribution in [0.5, 0.6) is 11.6 Å². The first-order chi connectivity index (χ1) is 16.4. The second-order valence-electron chi connectivity index (χ2n) is 8.27. The van der Waals surface area contributed by atoms with E-state index < -0.39 is 35.8 Å². The lowest BCUT2D eigenvalue weighted by molar-refractivity contribution is -0.185. The van der Waals surface area contributed by atoms with Crippen molar-refractivity contribution in [2.24, 2.45) is 0 Å². The van der Waals surface area contributed by atoms with Crippen LogP contribution in [-0.4, -0.2) is 39.8 Å². The SMILES string of the molecule is CCc1cc(N2C(=O)CN(c3cc(C(C)(C)C(F)(F)F)on3)C2=O)ccc1Oc1ccnc(N)n1. The molecule has 0 atom stereocenters. The van der Waals surface area contributed by atoms with Gasteiger partial charge in [-0.25, -0.2) is 14.7 Å². The average Bonchev–Trinajstić information content (AvgIpc) is 3.38. The maximum absolute atomic E-state index is 13.3. The van der Waals surface area contributed by atoms with Gasteiger partial charge in [0.1, 0.15) is 17.7 Å². The predicted octanol–water partition coefficient (Wildman–Crippen LogP) is 4.21. The van der Waals surface area contributed by atoms with E-state index in [9.17, 15) is 22.8 Å². The molecule has 0 bridgehead atoms. The summed E-state index contributed by atoms with van der Waals surface area (Å²) in [6, 6.07) is 6.49. The fourth-order valence-corrected chi connectivity index (χ4v) is 3.37. The van der Waals surface area contributed by atoms with Crippen molar-refractivity contribution < 1.29 is 32.0 Å². The van der Waals surface area contributed by atoms with E-state index in [1.54, 1.807) is 12.1 Å². The van der Waals surface area contributed by atoms with E-state index in [4.69, 9.17) is 15.0 Å². The van der Waals surface area contributed by atoms with Crippen molar-refractivity contribution in [3.63, 3.8) is 0 Å². The first-order valence-corrected chi connectivity index (χ1v) is 10.5. The Kier molecular flexibility index (Phi) is 5.87. The van der Waals surface area contributed by atoms with E-state index in [1.807, 2.05) is 6.92 Å². The number of carbonyl (C=O) groups excluding carboxylic acids is 2. The maximum atomic E-state index is 13.3. The van der Waals surface area contributed by atoms with Crippen molar-refractivity contribution in [2.75, 3.05) is 22.1 Å². The van der Waals surface area contributed by atoms with Gasteiger partial charge in [-0.05, 0) is 44.0 Å². The van der Waals surface area contributed by atoms with Crippen LogP contribution in [0.3, 0.4) is 0 Å². The molecule has 1 aliphatic heterocycles. The summed E-state index contributed by atoms with van der Waals surface area (Å²) in [5, 5.41) is 3.60. The summed E-state index contributed by atoms with van der Waals surface area (Å²) in [6.07, 6.45) is -2.65. The highest BCUT2D eigenvalue weighted by atomic mass is 19.4. The number of rotatable bonds is 6. The Labute approximate surface area is 197 Å². The minimum Gasteiger partial charge on any atom is -0.439 e. The van der Waals surface area contributed by atoms with Gasteiger partial charge in [-0.2, -0.15) is 18.2 Å². The fourth-order valence-electron chi connectivity index (χ4n) is 3.37. The van der Waals surface area contributed by atoms with E-state index in [0.29, 0.717) is 17.7 Å². The van der Waals surface area contributed by atoms with Gasteiger partial charge in [0, 0.05) is 18.3 Å². The second kappa shape index (κ2) is 8.56. The molecule has 10 nitrogen and oxygen atoms in total. The molecular formula is C22H21F3N6O4. The molecular weight excluding hydrogens is 469 g/mol. The number of aromatic nitrogens is 3. The second-order valence-corrected chi connectivity index (χ2v) is 8.27. The third-order valence-corrected chi connectivity index (χ3v) is 5.61. The van der Waals surface area contributed by atoms with Crippen LogP contribution >= 0.6 is 0 Å². The van der Waals surface area contributed by atoms with Gasteiger partial charge in [0.2, 0.25) is 11.8 Å². The molecule has 0 spiro atoms. The quantitative estimate of drug-likeness (QED) is 0.509. The van der Waals surface area contributed by atoms with Crippen LogP contribution in [0.4, 0.5) is 35.4 Å². The molecule has 0 aliphatic carbocycles. The standard InChI is InChI=1S/C22H21F3N6O4/c1-4-12-9-13(5-6-14(12)34-17-7-8-27-19(26)28-17)31-18(32)11-30(20(31)33)16-10-15(35-29-16)21(2,3)22(23,24)25/h5-10H,4,11H2,1-3H3,(H2,26,27,28). The zero-order valence-electron chi connectivity index (χ0n) is 19.0. The molecule has 3 heterocycles. The number of hydrogen-bond acceptors (Lipinski definition) is 8. The van der Waals surface area contributed by atoms with Crippen molar-refractivity contribution in [3.05, 3.63) is 47.9 Å². The van der Waals surface area contributed by atoms with Crippen LogP contribution in [0.1, 0.15) is 32.1 Å². The minimum absolute atomic E-state index is 0.0418. The molecule has 3 amide bonds. The van der Waals surface area contributed by atoms with E-state index in [0.717, 1.165) is 29.7 Å². The lowest BCUT2D eigenvalue weighted by atomic mass is 9.89. The van der Waals surface area contributed by atoms with Gasteiger partial charge >= 0.3 is 12.2 Å². The number of anilines is 3. The summed E-state index contributed by atoms with van der Waals surface area (Å²) in [5.41, 5.74) is 4.19. The number of halogens is 3. The summed E-state index contributed by atoms with van der Waals surface area (Å²) in [5.74, 6) is -0.521. The number of nitrogens with two attached hydrogens (primary N) is 1. The van der Waals surface area contributed by atoms with Crippen molar-refractivity contribution >= 4 is 29.4 Å². The Hall–Kier alpha value is -4.16. The Morgan fingerprint density at radius 3 is 2.57 bits per heavy atom. The van der Waals surface area contributed by atoms with E-state index in [1.165, 1.54) is 18.3 Å². The lowest BCUT2D eigenvalue weighted by Gasteiger charge is -2.24. The number of aryl methyl sites for hydroxylation is 1. The fraction of sp³-hybridized carbons (Fsp3) is 0.318. The van der Waals surface area contributed by atoms with Gasteiger partial charge in [-0.15, -0.1) is 0 Å². The highest BCUT2D eigenvalue weighted by molar-refractivity contribution is 6.26. The van der Waals surface area contributed by atoms with Gasteiger partial charge in [-0.1, -0.05) is 12.1 Å². The van der Waals surface area contributed by atoms with Crippen LogP contribution in [0, 0.1) is 0 Å². The van der Waals surface area contributed by atoms with Crippen molar-refractivity contribution in [1.82, 2.24) is 15.1 Å². The third-order valence-electron chi connectivity index (χ3n) is 5.61. The number of nitrogens with zero attached hydrogens (tertiary/aromatic N) is 5. The van der Waals surface area contributed by atoms with E-state index >= 15 is 0 Å². The molecule has 4 rings (SSSR count). The molecule has 2 aromatic heterocycles. The smallest absolute Gasteiger partial charge is 0.401 e. The molecule has 184 valence electrons. The summed E-state index contributed by atoms with van der Waals surface area (Å²) in [6.45, 7) is 3.33. The number of alkyl halides is 3. The molecule has 0 saturated carbocycles. The molecule has 1 aliphatic rings. The average molecular weight is 490 g/mol. The number of carbonyl (C=O) groups is 2. The molecule has 0 unspecified atom stereocenters. The summed E-state index contributed by atoms with van der Waals surface area (Å²) in [4.78, 5) is 35.4. The van der Waals surface area contributed by atoms with Crippen LogP contribution < -0.4 is 20.3 Å². The number of hydrogen-bond donors (Lipinski definition) is 1. The van der Waals surface area contributed by atoms with Gasteiger partial charge in [0.05, 0.1) is 5.69 Å². The molecule has 35 heavy (non-hydrogen) atoms. The topological polar surface area (TPSA) is 128 Å². The Balaban J connectivity index is 1.59. The monoisotopic (exact) mass is 490 g/mol. The lowest BCUT2D eigenvalue weighted by Crippen LogP contribution is -2.36. The van der Waals surface area contributed by atoms with Crippen molar-refractivity contribution in [2.45, 2.75) is 38.8 Å². The molecule has 2 N–H and O–H groups in total. The highest BCUT2D eigenvalue weighted by Crippen LogP contribution is 2.42. The molecule has 1 saturated heterocycles. The molecule has 1 aromatic carbocycles. The number of nitrogen functional groups attached to an aromatic ring is 1. The van der Waals surface area contributed by atoms with Gasteiger partial charge < -0.3 is 15.0 Å². The molecule has 13 heteroatoms. The predicted molar refractivity (Wildman–Crippen MR) is 118 cm³/mol. The maximum Gasteiger partial charge on any atom is 0.401 e. The van der Waals surface area contributed by atoms with Crippen LogP contribution in [0.2, 0.25) is 0 Å². The Bertz CT molecular complexity index is 1290. The number of amides is 3. The van der Waals surface area contributed by atoms with Gasteiger partial charge in [-0.3, -0.25) is 9.69 Å². The van der Waals surface area contributed by atoms with Gasteiger partial charge in [0.25, 0.3) is 5.91 Å². The van der Waals surface area contributed by atoms with E-state index in [-0.39, 0.29) is 23.3 Å². The van der Waals surface area contributed by atoms with Gasteiger partial charge in [0.15, 0.2) is 11.6 Å². The zero-order valence-corrected chi connectivity index (χ0v) is 19.0. The number of ether oxygens (including phenoxy) is 1. The highest BCUT2D eigenvalue weighted by Gasteiger charge is 2.52. The molecule has 0 radical (unpaired) electrons. The third kappa shape index (κ3) is 4.36. The summed E-state index contributed by atoms with van der Waals surface area (Å²) in [7, 11) is 0. The molecule has 1 fully saturated rings. The Morgan fingerprint density at radius 1 is 1.17 bits per heavy atom. The summed E-state index contributed by atoms with van der Waals surface area (Å²) >= 11 is 0. The zero-order chi connectivity index (χ0) is 25.5. The minimum atomic E-state index is -4.60.